The molecule has 0 atom stereocenters. The number of ether oxygens (including phenoxy) is 2. The average Bonchev–Trinajstić information content (AvgIpc) is 2.45. The summed E-state index contributed by atoms with van der Waals surface area (Å²) in [6.45, 7) is 0.887. The standard InChI is InChI=1S/C14H15NO3/c16-11-12-6-7-14(15-10-12)18-9-8-17-13-4-2-1-3-5-13/h1-7,10,16H,8-9,11H2. The molecule has 18 heavy (non-hydrogen) atoms. The van der Waals surface area contributed by atoms with Crippen molar-refractivity contribution in [3.05, 3.63) is 54.2 Å². The number of hydrogen-bond donors (Lipinski definition) is 1. The molecule has 1 heterocycles. The second kappa shape index (κ2) is 6.61. The molecule has 0 fully saturated rings. The van der Waals surface area contributed by atoms with Crippen molar-refractivity contribution in [2.45, 2.75) is 6.61 Å². The van der Waals surface area contributed by atoms with Crippen molar-refractivity contribution in [2.75, 3.05) is 13.2 Å². The first-order valence-electron chi connectivity index (χ1n) is 5.75. The van der Waals surface area contributed by atoms with Crippen LogP contribution in [0.2, 0.25) is 0 Å². The van der Waals surface area contributed by atoms with Crippen molar-refractivity contribution in [2.24, 2.45) is 0 Å². The molecule has 0 amide bonds. The highest BCUT2D eigenvalue weighted by Crippen LogP contribution is 2.09. The molecule has 0 saturated heterocycles. The average molecular weight is 245 g/mol. The van der Waals surface area contributed by atoms with Gasteiger partial charge < -0.3 is 14.6 Å². The molecule has 0 aliphatic carbocycles. The normalized spacial score (nSPS) is 10.1. The zero-order valence-corrected chi connectivity index (χ0v) is 9.95. The van der Waals surface area contributed by atoms with E-state index in [9.17, 15) is 0 Å². The third-order valence-electron chi connectivity index (χ3n) is 2.33. The van der Waals surface area contributed by atoms with E-state index in [0.717, 1.165) is 11.3 Å². The Bertz CT molecular complexity index is 456. The number of aromatic nitrogens is 1. The Morgan fingerprint density at radius 3 is 2.39 bits per heavy atom. The van der Waals surface area contributed by atoms with Crippen LogP contribution in [0.5, 0.6) is 11.6 Å². The molecule has 4 heteroatoms. The van der Waals surface area contributed by atoms with Gasteiger partial charge >= 0.3 is 0 Å². The molecular formula is C14H15NO3. The first kappa shape index (κ1) is 12.4. The van der Waals surface area contributed by atoms with Gasteiger partial charge in [0.25, 0.3) is 0 Å². The lowest BCUT2D eigenvalue weighted by Gasteiger charge is -2.07. The lowest BCUT2D eigenvalue weighted by atomic mass is 10.3. The van der Waals surface area contributed by atoms with Crippen LogP contribution >= 0.6 is 0 Å². The number of hydrogen-bond acceptors (Lipinski definition) is 4. The van der Waals surface area contributed by atoms with Crippen LogP contribution in [0.3, 0.4) is 0 Å². The molecule has 1 aromatic heterocycles. The SMILES string of the molecule is OCc1ccc(OCCOc2ccccc2)nc1. The molecule has 0 unspecified atom stereocenters. The Balaban J connectivity index is 1.72. The van der Waals surface area contributed by atoms with Gasteiger partial charge in [0, 0.05) is 12.3 Å². The molecule has 0 bridgehead atoms. The topological polar surface area (TPSA) is 51.6 Å². The fraction of sp³-hybridized carbons (Fsp3) is 0.214. The third-order valence-corrected chi connectivity index (χ3v) is 2.33. The Labute approximate surface area is 106 Å². The highest BCUT2D eigenvalue weighted by Gasteiger charge is 1.97. The predicted molar refractivity (Wildman–Crippen MR) is 67.6 cm³/mol. The molecule has 0 aliphatic heterocycles. The Morgan fingerprint density at radius 2 is 1.72 bits per heavy atom. The maximum Gasteiger partial charge on any atom is 0.213 e. The number of benzene rings is 1. The summed E-state index contributed by atoms with van der Waals surface area (Å²) in [6, 6.07) is 13.1. The van der Waals surface area contributed by atoms with Crippen molar-refractivity contribution < 1.29 is 14.6 Å². The summed E-state index contributed by atoms with van der Waals surface area (Å²) in [6.07, 6.45) is 1.59. The van der Waals surface area contributed by atoms with Gasteiger partial charge in [-0.1, -0.05) is 18.2 Å². The summed E-state index contributed by atoms with van der Waals surface area (Å²) >= 11 is 0. The number of para-hydroxylation sites is 1. The molecule has 1 aromatic carbocycles. The number of rotatable bonds is 6. The van der Waals surface area contributed by atoms with Crippen LogP contribution in [0.25, 0.3) is 0 Å². The Hall–Kier alpha value is -2.07. The van der Waals surface area contributed by atoms with E-state index in [2.05, 4.69) is 4.98 Å². The van der Waals surface area contributed by atoms with E-state index in [4.69, 9.17) is 14.6 Å². The second-order valence-corrected chi connectivity index (χ2v) is 3.67. The molecule has 4 nitrogen and oxygen atoms in total. The summed E-state index contributed by atoms with van der Waals surface area (Å²) in [5.41, 5.74) is 0.767. The van der Waals surface area contributed by atoms with Crippen LogP contribution < -0.4 is 9.47 Å². The van der Waals surface area contributed by atoms with Crippen LogP contribution in [0.15, 0.2) is 48.7 Å². The minimum Gasteiger partial charge on any atom is -0.490 e. The Kier molecular flexibility index (Phi) is 4.55. The van der Waals surface area contributed by atoms with Gasteiger partial charge in [-0.2, -0.15) is 0 Å². The zero-order chi connectivity index (χ0) is 12.6. The summed E-state index contributed by atoms with van der Waals surface area (Å²) in [4.78, 5) is 4.06. The lowest BCUT2D eigenvalue weighted by molar-refractivity contribution is 0.211. The maximum absolute atomic E-state index is 8.87. The van der Waals surface area contributed by atoms with E-state index in [0.29, 0.717) is 19.1 Å². The van der Waals surface area contributed by atoms with Gasteiger partial charge in [-0.05, 0) is 23.8 Å². The van der Waals surface area contributed by atoms with Crippen molar-refractivity contribution in [1.82, 2.24) is 4.98 Å². The Morgan fingerprint density at radius 1 is 0.944 bits per heavy atom. The fourth-order valence-electron chi connectivity index (χ4n) is 1.41. The van der Waals surface area contributed by atoms with E-state index >= 15 is 0 Å². The van der Waals surface area contributed by atoms with Gasteiger partial charge in [0.05, 0.1) is 6.61 Å². The number of pyridine rings is 1. The first-order valence-corrected chi connectivity index (χ1v) is 5.75. The molecule has 94 valence electrons. The molecule has 0 saturated carbocycles. The zero-order valence-electron chi connectivity index (χ0n) is 9.95. The molecule has 0 radical (unpaired) electrons. The minimum absolute atomic E-state index is 0.00953. The van der Waals surface area contributed by atoms with Gasteiger partial charge in [0.15, 0.2) is 0 Å². The number of aliphatic hydroxyl groups excluding tert-OH is 1. The fourth-order valence-corrected chi connectivity index (χ4v) is 1.41. The van der Waals surface area contributed by atoms with E-state index in [1.165, 1.54) is 0 Å². The summed E-state index contributed by atoms with van der Waals surface area (Å²) in [5.74, 6) is 1.36. The van der Waals surface area contributed by atoms with Crippen LogP contribution in [0.1, 0.15) is 5.56 Å². The lowest BCUT2D eigenvalue weighted by Crippen LogP contribution is -2.09. The first-order chi connectivity index (χ1) is 8.88. The van der Waals surface area contributed by atoms with E-state index in [1.54, 1.807) is 18.3 Å². The third kappa shape index (κ3) is 3.75. The summed E-state index contributed by atoms with van der Waals surface area (Å²) < 4.78 is 10.9. The number of aliphatic hydroxyl groups is 1. The van der Waals surface area contributed by atoms with E-state index in [-0.39, 0.29) is 6.61 Å². The van der Waals surface area contributed by atoms with E-state index < -0.39 is 0 Å². The second-order valence-electron chi connectivity index (χ2n) is 3.67. The largest absolute Gasteiger partial charge is 0.490 e. The predicted octanol–water partition coefficient (Wildman–Crippen LogP) is 2.03. The van der Waals surface area contributed by atoms with Crippen LogP contribution in [0, 0.1) is 0 Å². The van der Waals surface area contributed by atoms with Gasteiger partial charge in [-0.3, -0.25) is 0 Å². The van der Waals surface area contributed by atoms with Crippen molar-refractivity contribution >= 4 is 0 Å². The monoisotopic (exact) mass is 245 g/mol. The molecule has 2 aromatic rings. The molecule has 2 rings (SSSR count). The van der Waals surface area contributed by atoms with Gasteiger partial charge in [0.2, 0.25) is 5.88 Å². The van der Waals surface area contributed by atoms with E-state index in [1.807, 2.05) is 30.3 Å². The van der Waals surface area contributed by atoms with Gasteiger partial charge in [-0.15, -0.1) is 0 Å². The van der Waals surface area contributed by atoms with Gasteiger partial charge in [0.1, 0.15) is 19.0 Å². The smallest absolute Gasteiger partial charge is 0.213 e. The minimum atomic E-state index is -0.00953. The van der Waals surface area contributed by atoms with Crippen LogP contribution in [0.4, 0.5) is 0 Å². The quantitative estimate of drug-likeness (QED) is 0.791. The highest BCUT2D eigenvalue weighted by molar-refractivity contribution is 5.21. The van der Waals surface area contributed by atoms with Crippen molar-refractivity contribution in [1.29, 1.82) is 0 Å². The van der Waals surface area contributed by atoms with Gasteiger partial charge in [-0.25, -0.2) is 4.98 Å². The van der Waals surface area contributed by atoms with Crippen LogP contribution in [-0.2, 0) is 6.61 Å². The highest BCUT2D eigenvalue weighted by atomic mass is 16.5. The molecular weight excluding hydrogens is 230 g/mol. The summed E-state index contributed by atoms with van der Waals surface area (Å²) in [7, 11) is 0. The van der Waals surface area contributed by atoms with Crippen molar-refractivity contribution in [3.8, 4) is 11.6 Å². The summed E-state index contributed by atoms with van der Waals surface area (Å²) in [5, 5.41) is 8.87. The maximum atomic E-state index is 8.87. The number of nitrogens with zero attached hydrogens (tertiary/aromatic N) is 1. The molecule has 1 N–H and O–H groups in total. The molecule has 0 spiro atoms. The molecule has 0 aliphatic rings. The van der Waals surface area contributed by atoms with Crippen molar-refractivity contribution in [3.63, 3.8) is 0 Å². The van der Waals surface area contributed by atoms with Crippen LogP contribution in [-0.4, -0.2) is 23.3 Å².